The third kappa shape index (κ3) is 12.1. The van der Waals surface area contributed by atoms with Crippen molar-refractivity contribution in [2.24, 2.45) is 11.8 Å². The fraction of sp³-hybridized carbons (Fsp3) is 0.696. The van der Waals surface area contributed by atoms with Crippen LogP contribution in [0.3, 0.4) is 0 Å². The molecular formula is C23H38O3. The molecule has 1 aliphatic carbocycles. The van der Waals surface area contributed by atoms with E-state index in [4.69, 9.17) is 5.11 Å². The lowest BCUT2D eigenvalue weighted by Crippen LogP contribution is -2.21. The minimum Gasteiger partial charge on any atom is -0.481 e. The molecule has 148 valence electrons. The Bertz CT molecular complexity index is 446. The molecular weight excluding hydrogens is 324 g/mol. The molecule has 3 heteroatoms. The van der Waals surface area contributed by atoms with Gasteiger partial charge in [-0.15, -0.1) is 0 Å². The maximum absolute atomic E-state index is 10.5. The lowest BCUT2D eigenvalue weighted by Gasteiger charge is -2.20. The van der Waals surface area contributed by atoms with Gasteiger partial charge in [0.15, 0.2) is 0 Å². The maximum atomic E-state index is 10.5. The third-order valence-electron chi connectivity index (χ3n) is 5.02. The van der Waals surface area contributed by atoms with Gasteiger partial charge in [-0.3, -0.25) is 4.79 Å². The second kappa shape index (κ2) is 14.8. The summed E-state index contributed by atoms with van der Waals surface area (Å²) in [6, 6.07) is 0. The molecule has 0 saturated heterocycles. The van der Waals surface area contributed by atoms with Crippen LogP contribution in [-0.4, -0.2) is 22.3 Å². The van der Waals surface area contributed by atoms with Gasteiger partial charge in [-0.1, -0.05) is 56.2 Å². The molecule has 0 bridgehead atoms. The van der Waals surface area contributed by atoms with E-state index in [1.807, 2.05) is 0 Å². The molecule has 2 atom stereocenters. The van der Waals surface area contributed by atoms with Crippen molar-refractivity contribution < 1.29 is 15.0 Å². The molecule has 2 N–H and O–H groups in total. The molecule has 0 aromatic rings. The SMILES string of the molecule is CCCCC/C=C\C[C@H](O)[C@@H](C/C=C\C/C=C\CCCC(=O)O)C1CC1. The number of aliphatic carboxylic acids is 1. The first-order valence-corrected chi connectivity index (χ1v) is 10.5. The quantitative estimate of drug-likeness (QED) is 0.260. The summed E-state index contributed by atoms with van der Waals surface area (Å²) in [4.78, 5) is 10.4. The Hall–Kier alpha value is -1.35. The Balaban J connectivity index is 2.19. The first-order chi connectivity index (χ1) is 12.6. The molecule has 1 fully saturated rings. The summed E-state index contributed by atoms with van der Waals surface area (Å²) in [7, 11) is 0. The predicted octanol–water partition coefficient (Wildman–Crippen LogP) is 6.05. The number of rotatable bonds is 16. The molecule has 0 aromatic carbocycles. The summed E-state index contributed by atoms with van der Waals surface area (Å²) in [5, 5.41) is 19.1. The average molecular weight is 363 g/mol. The van der Waals surface area contributed by atoms with Gasteiger partial charge in [-0.05, 0) is 69.6 Å². The van der Waals surface area contributed by atoms with Crippen LogP contribution in [0.1, 0.15) is 84.0 Å². The van der Waals surface area contributed by atoms with Crippen LogP contribution < -0.4 is 0 Å². The molecule has 1 saturated carbocycles. The second-order valence-corrected chi connectivity index (χ2v) is 7.47. The molecule has 1 rings (SSSR count). The fourth-order valence-electron chi connectivity index (χ4n) is 3.24. The van der Waals surface area contributed by atoms with Crippen molar-refractivity contribution in [2.75, 3.05) is 0 Å². The van der Waals surface area contributed by atoms with E-state index < -0.39 is 5.97 Å². The van der Waals surface area contributed by atoms with Crippen molar-refractivity contribution in [3.8, 4) is 0 Å². The zero-order valence-electron chi connectivity index (χ0n) is 16.5. The van der Waals surface area contributed by atoms with Gasteiger partial charge in [0.2, 0.25) is 0 Å². The topological polar surface area (TPSA) is 57.5 Å². The van der Waals surface area contributed by atoms with E-state index in [0.717, 1.165) is 32.1 Å². The summed E-state index contributed by atoms with van der Waals surface area (Å²) in [6.45, 7) is 2.22. The van der Waals surface area contributed by atoms with Gasteiger partial charge in [0.1, 0.15) is 0 Å². The average Bonchev–Trinajstić information content (AvgIpc) is 3.44. The Morgan fingerprint density at radius 1 is 0.962 bits per heavy atom. The zero-order chi connectivity index (χ0) is 19.0. The number of aliphatic hydroxyl groups is 1. The van der Waals surface area contributed by atoms with E-state index >= 15 is 0 Å². The largest absolute Gasteiger partial charge is 0.481 e. The summed E-state index contributed by atoms with van der Waals surface area (Å²) in [5.74, 6) is 0.375. The Kier molecular flexibility index (Phi) is 12.9. The lowest BCUT2D eigenvalue weighted by atomic mass is 9.91. The van der Waals surface area contributed by atoms with Crippen LogP contribution in [0.2, 0.25) is 0 Å². The standard InChI is InChI=1S/C23H38O3/c1-2-3-4-5-10-13-16-22(24)21(20-18-19-20)15-12-9-7-6-8-11-14-17-23(25)26/h6,8-10,12-13,20-22,24H,2-5,7,11,14-19H2,1H3,(H,25,26)/b8-6-,12-9-,13-10-/t21-,22-/m0/s1. The number of hydrogen-bond donors (Lipinski definition) is 2. The fourth-order valence-corrected chi connectivity index (χ4v) is 3.24. The van der Waals surface area contributed by atoms with Crippen molar-refractivity contribution in [1.29, 1.82) is 0 Å². The van der Waals surface area contributed by atoms with Crippen LogP contribution in [0.5, 0.6) is 0 Å². The number of carbonyl (C=O) groups is 1. The van der Waals surface area contributed by atoms with Crippen LogP contribution in [0.15, 0.2) is 36.5 Å². The predicted molar refractivity (Wildman–Crippen MR) is 109 cm³/mol. The minimum absolute atomic E-state index is 0.221. The van der Waals surface area contributed by atoms with Crippen LogP contribution in [0.25, 0.3) is 0 Å². The molecule has 26 heavy (non-hydrogen) atoms. The number of unbranched alkanes of at least 4 members (excludes halogenated alkanes) is 4. The molecule has 1 aliphatic rings. The van der Waals surface area contributed by atoms with Gasteiger partial charge in [0, 0.05) is 6.42 Å². The molecule has 0 amide bonds. The van der Waals surface area contributed by atoms with Crippen molar-refractivity contribution >= 4 is 5.97 Å². The molecule has 0 unspecified atom stereocenters. The highest BCUT2D eigenvalue weighted by molar-refractivity contribution is 5.66. The van der Waals surface area contributed by atoms with Crippen LogP contribution in [-0.2, 0) is 4.79 Å². The van der Waals surface area contributed by atoms with Crippen LogP contribution in [0, 0.1) is 11.8 Å². The van der Waals surface area contributed by atoms with Crippen molar-refractivity contribution in [3.05, 3.63) is 36.5 Å². The van der Waals surface area contributed by atoms with Crippen molar-refractivity contribution in [3.63, 3.8) is 0 Å². The van der Waals surface area contributed by atoms with E-state index in [1.54, 1.807) is 0 Å². The van der Waals surface area contributed by atoms with Crippen LogP contribution >= 0.6 is 0 Å². The third-order valence-corrected chi connectivity index (χ3v) is 5.02. The minimum atomic E-state index is -0.723. The van der Waals surface area contributed by atoms with Gasteiger partial charge < -0.3 is 10.2 Å². The maximum Gasteiger partial charge on any atom is 0.303 e. The van der Waals surface area contributed by atoms with Gasteiger partial charge in [-0.2, -0.15) is 0 Å². The number of allylic oxidation sites excluding steroid dienone is 5. The smallest absolute Gasteiger partial charge is 0.303 e. The highest BCUT2D eigenvalue weighted by Gasteiger charge is 2.34. The van der Waals surface area contributed by atoms with Crippen molar-refractivity contribution in [2.45, 2.75) is 90.1 Å². The normalized spacial score (nSPS) is 17.5. The first-order valence-electron chi connectivity index (χ1n) is 10.5. The van der Waals surface area contributed by atoms with Crippen LogP contribution in [0.4, 0.5) is 0 Å². The molecule has 0 heterocycles. The Labute approximate surface area is 159 Å². The number of aliphatic hydroxyl groups excluding tert-OH is 1. The number of carboxylic acid groups (broad SMARTS) is 1. The van der Waals surface area contributed by atoms with E-state index in [9.17, 15) is 9.90 Å². The lowest BCUT2D eigenvalue weighted by molar-refractivity contribution is -0.137. The highest BCUT2D eigenvalue weighted by Crippen LogP contribution is 2.41. The van der Waals surface area contributed by atoms with Gasteiger partial charge in [-0.25, -0.2) is 0 Å². The monoisotopic (exact) mass is 362 g/mol. The van der Waals surface area contributed by atoms with Gasteiger partial charge in [0.05, 0.1) is 6.10 Å². The van der Waals surface area contributed by atoms with E-state index in [-0.39, 0.29) is 12.5 Å². The Morgan fingerprint density at radius 3 is 2.31 bits per heavy atom. The summed E-state index contributed by atoms with van der Waals surface area (Å²) >= 11 is 0. The highest BCUT2D eigenvalue weighted by atomic mass is 16.4. The van der Waals surface area contributed by atoms with E-state index in [2.05, 4.69) is 43.4 Å². The van der Waals surface area contributed by atoms with Crippen molar-refractivity contribution in [1.82, 2.24) is 0 Å². The Morgan fingerprint density at radius 2 is 1.62 bits per heavy atom. The summed E-state index contributed by atoms with van der Waals surface area (Å²) in [6.07, 6.45) is 24.6. The first kappa shape index (κ1) is 22.7. The molecule has 0 aliphatic heterocycles. The zero-order valence-corrected chi connectivity index (χ0v) is 16.5. The summed E-state index contributed by atoms with van der Waals surface area (Å²) in [5.41, 5.74) is 0. The number of hydrogen-bond acceptors (Lipinski definition) is 2. The number of carboxylic acids is 1. The molecule has 3 nitrogen and oxygen atoms in total. The molecule has 0 spiro atoms. The summed E-state index contributed by atoms with van der Waals surface area (Å²) < 4.78 is 0. The van der Waals surface area contributed by atoms with E-state index in [0.29, 0.717) is 18.3 Å². The van der Waals surface area contributed by atoms with Gasteiger partial charge >= 0.3 is 5.97 Å². The second-order valence-electron chi connectivity index (χ2n) is 7.47. The molecule has 0 radical (unpaired) electrons. The van der Waals surface area contributed by atoms with Gasteiger partial charge in [0.25, 0.3) is 0 Å². The van der Waals surface area contributed by atoms with E-state index in [1.165, 1.54) is 32.1 Å². The molecule has 0 aromatic heterocycles.